The third kappa shape index (κ3) is 3.79. The van der Waals surface area contributed by atoms with Gasteiger partial charge in [-0.25, -0.2) is 0 Å². The Bertz CT molecular complexity index is 1420. The largest absolute Gasteiger partial charge is 0.368 e. The van der Waals surface area contributed by atoms with E-state index in [0.29, 0.717) is 4.91 Å². The summed E-state index contributed by atoms with van der Waals surface area (Å²) in [4.78, 5) is 22.5. The number of benzene rings is 4. The van der Waals surface area contributed by atoms with Gasteiger partial charge in [-0.05, 0) is 63.1 Å². The second-order valence-electron chi connectivity index (χ2n) is 8.35. The molecule has 0 spiro atoms. The second kappa shape index (κ2) is 8.41. The lowest BCUT2D eigenvalue weighted by molar-refractivity contribution is -0.113. The molecule has 4 nitrogen and oxygen atoms in total. The fourth-order valence-electron chi connectivity index (χ4n) is 4.67. The number of aliphatic imine (C=N–C) groups is 1. The van der Waals surface area contributed by atoms with Crippen LogP contribution >= 0.6 is 11.8 Å². The molecule has 4 aromatic rings. The highest BCUT2D eigenvalue weighted by Gasteiger charge is 2.28. The highest BCUT2D eigenvalue weighted by Crippen LogP contribution is 2.35. The molecule has 33 heavy (non-hydrogen) atoms. The van der Waals surface area contributed by atoms with Gasteiger partial charge in [0.15, 0.2) is 5.17 Å². The van der Waals surface area contributed by atoms with Crippen LogP contribution in [0.1, 0.15) is 5.56 Å². The van der Waals surface area contributed by atoms with Crippen LogP contribution in [0.25, 0.3) is 27.6 Å². The normalized spacial score (nSPS) is 17.9. The quantitative estimate of drug-likeness (QED) is 0.287. The van der Waals surface area contributed by atoms with E-state index in [1.54, 1.807) is 0 Å². The van der Waals surface area contributed by atoms with E-state index >= 15 is 0 Å². The van der Waals surface area contributed by atoms with E-state index < -0.39 is 0 Å². The molecule has 2 aliphatic rings. The third-order valence-electron chi connectivity index (χ3n) is 6.37. The molecule has 0 unspecified atom stereocenters. The van der Waals surface area contributed by atoms with Crippen LogP contribution in [0, 0.1) is 0 Å². The Labute approximate surface area is 197 Å². The Hall–Kier alpha value is -3.57. The zero-order valence-corrected chi connectivity index (χ0v) is 19.0. The molecule has 4 aromatic carbocycles. The molecule has 0 saturated carbocycles. The van der Waals surface area contributed by atoms with Crippen LogP contribution in [0.4, 0.5) is 5.69 Å². The number of fused-ring (bicyclic) bond motifs is 3. The van der Waals surface area contributed by atoms with Crippen LogP contribution in [0.2, 0.25) is 0 Å². The maximum Gasteiger partial charge on any atom is 0.286 e. The summed E-state index contributed by atoms with van der Waals surface area (Å²) >= 11 is 1.50. The number of piperazine rings is 1. The standard InChI is InChI=1S/C28H23N3OS/c32-27-26(19-21-18-20-8-4-5-11-23(20)25-13-7-6-12-24(21)25)33-28(29-27)31-16-14-30(15-17-31)22-9-2-1-3-10-22/h1-13,18-19H,14-17H2/b26-19+. The van der Waals surface area contributed by atoms with Crippen molar-refractivity contribution in [3.8, 4) is 0 Å². The van der Waals surface area contributed by atoms with Crippen molar-refractivity contribution in [2.75, 3.05) is 31.1 Å². The van der Waals surface area contributed by atoms with E-state index in [2.05, 4.69) is 93.7 Å². The predicted octanol–water partition coefficient (Wildman–Crippen LogP) is 5.79. The number of amides is 1. The van der Waals surface area contributed by atoms with Gasteiger partial charge in [-0.2, -0.15) is 4.99 Å². The Balaban J connectivity index is 1.25. The number of rotatable bonds is 2. The molecule has 1 saturated heterocycles. The fourth-order valence-corrected chi connectivity index (χ4v) is 5.63. The van der Waals surface area contributed by atoms with E-state index in [9.17, 15) is 4.79 Å². The van der Waals surface area contributed by atoms with Gasteiger partial charge in [0.05, 0.1) is 4.91 Å². The molecule has 0 atom stereocenters. The summed E-state index contributed by atoms with van der Waals surface area (Å²) in [5.74, 6) is -0.141. The van der Waals surface area contributed by atoms with Crippen molar-refractivity contribution in [1.82, 2.24) is 4.90 Å². The average Bonchev–Trinajstić information content (AvgIpc) is 3.25. The molecule has 0 aromatic heterocycles. The first-order valence-corrected chi connectivity index (χ1v) is 12.1. The average molecular weight is 450 g/mol. The Morgan fingerprint density at radius 2 is 1.36 bits per heavy atom. The van der Waals surface area contributed by atoms with Crippen molar-refractivity contribution in [2.24, 2.45) is 4.99 Å². The number of anilines is 1. The van der Waals surface area contributed by atoms with Gasteiger partial charge in [0.1, 0.15) is 0 Å². The van der Waals surface area contributed by atoms with E-state index in [-0.39, 0.29) is 5.91 Å². The number of thioether (sulfide) groups is 1. The molecule has 1 amide bonds. The van der Waals surface area contributed by atoms with E-state index in [4.69, 9.17) is 0 Å². The fraction of sp³-hybridized carbons (Fsp3) is 0.143. The molecule has 1 fully saturated rings. The summed E-state index contributed by atoms with van der Waals surface area (Å²) in [5.41, 5.74) is 2.31. The molecule has 5 heteroatoms. The number of carbonyl (C=O) groups excluding carboxylic acids is 1. The van der Waals surface area contributed by atoms with Gasteiger partial charge in [0.2, 0.25) is 0 Å². The zero-order valence-electron chi connectivity index (χ0n) is 18.1. The van der Waals surface area contributed by atoms with Gasteiger partial charge >= 0.3 is 0 Å². The summed E-state index contributed by atoms with van der Waals surface area (Å²) in [6.45, 7) is 3.57. The molecule has 2 aliphatic heterocycles. The molecule has 0 radical (unpaired) electrons. The molecule has 162 valence electrons. The van der Waals surface area contributed by atoms with Crippen molar-refractivity contribution in [3.05, 3.63) is 95.4 Å². The van der Waals surface area contributed by atoms with E-state index in [1.807, 2.05) is 12.1 Å². The van der Waals surface area contributed by atoms with E-state index in [0.717, 1.165) is 42.3 Å². The Kier molecular flexibility index (Phi) is 5.11. The number of hydrogen-bond acceptors (Lipinski definition) is 4. The summed E-state index contributed by atoms with van der Waals surface area (Å²) in [7, 11) is 0. The smallest absolute Gasteiger partial charge is 0.286 e. The zero-order chi connectivity index (χ0) is 22.2. The lowest BCUT2D eigenvalue weighted by atomic mass is 9.97. The number of amidine groups is 1. The van der Waals surface area contributed by atoms with Gasteiger partial charge in [-0.15, -0.1) is 0 Å². The van der Waals surface area contributed by atoms with Crippen molar-refractivity contribution in [1.29, 1.82) is 0 Å². The van der Waals surface area contributed by atoms with Crippen molar-refractivity contribution < 1.29 is 4.79 Å². The maximum absolute atomic E-state index is 12.8. The minimum Gasteiger partial charge on any atom is -0.368 e. The van der Waals surface area contributed by atoms with E-state index in [1.165, 1.54) is 33.6 Å². The lowest BCUT2D eigenvalue weighted by Gasteiger charge is -2.36. The summed E-state index contributed by atoms with van der Waals surface area (Å²) in [5, 5.41) is 5.59. The van der Waals surface area contributed by atoms with Crippen LogP contribution < -0.4 is 4.90 Å². The number of hydrogen-bond donors (Lipinski definition) is 0. The van der Waals surface area contributed by atoms with Crippen LogP contribution in [0.3, 0.4) is 0 Å². The lowest BCUT2D eigenvalue weighted by Crippen LogP contribution is -2.47. The molecular formula is C28H23N3OS. The van der Waals surface area contributed by atoms with Crippen molar-refractivity contribution in [2.45, 2.75) is 0 Å². The number of carbonyl (C=O) groups is 1. The highest BCUT2D eigenvalue weighted by molar-refractivity contribution is 8.18. The maximum atomic E-state index is 12.8. The molecule has 0 aliphatic carbocycles. The predicted molar refractivity (Wildman–Crippen MR) is 140 cm³/mol. The first-order chi connectivity index (χ1) is 16.3. The molecule has 0 N–H and O–H groups in total. The number of nitrogens with zero attached hydrogens (tertiary/aromatic N) is 3. The minimum atomic E-state index is -0.141. The van der Waals surface area contributed by atoms with Gasteiger partial charge < -0.3 is 9.80 Å². The van der Waals surface area contributed by atoms with Gasteiger partial charge in [-0.1, -0.05) is 66.7 Å². The first kappa shape index (κ1) is 20.1. The molecular weight excluding hydrogens is 426 g/mol. The SMILES string of the molecule is O=C1N=C(N2CCN(c3ccccc3)CC2)S/C1=C/c1cc2ccccc2c2ccccc12. The van der Waals surface area contributed by atoms with Crippen molar-refractivity contribution >= 4 is 56.1 Å². The summed E-state index contributed by atoms with van der Waals surface area (Å²) in [6, 6.07) is 29.5. The monoisotopic (exact) mass is 449 g/mol. The topological polar surface area (TPSA) is 35.9 Å². The molecule has 6 rings (SSSR count). The van der Waals surface area contributed by atoms with Crippen molar-refractivity contribution in [3.63, 3.8) is 0 Å². The summed E-state index contributed by atoms with van der Waals surface area (Å²) in [6.07, 6.45) is 2.01. The van der Waals surface area contributed by atoms with Crippen LogP contribution in [-0.2, 0) is 4.79 Å². The van der Waals surface area contributed by atoms with Crippen LogP contribution in [0.5, 0.6) is 0 Å². The van der Waals surface area contributed by atoms with Gasteiger partial charge in [0, 0.05) is 31.9 Å². The third-order valence-corrected chi connectivity index (χ3v) is 7.41. The van der Waals surface area contributed by atoms with Gasteiger partial charge in [-0.3, -0.25) is 4.79 Å². The Morgan fingerprint density at radius 1 is 0.727 bits per heavy atom. The molecule has 0 bridgehead atoms. The molecule has 2 heterocycles. The van der Waals surface area contributed by atoms with Crippen LogP contribution in [0.15, 0.2) is 94.8 Å². The summed E-state index contributed by atoms with van der Waals surface area (Å²) < 4.78 is 0. The highest BCUT2D eigenvalue weighted by atomic mass is 32.2. The number of para-hydroxylation sites is 1. The first-order valence-electron chi connectivity index (χ1n) is 11.2. The minimum absolute atomic E-state index is 0.141. The van der Waals surface area contributed by atoms with Gasteiger partial charge in [0.25, 0.3) is 5.91 Å². The van der Waals surface area contributed by atoms with Crippen LogP contribution in [-0.4, -0.2) is 42.2 Å². The Morgan fingerprint density at radius 3 is 2.15 bits per heavy atom. The second-order valence-corrected chi connectivity index (χ2v) is 9.36.